The zero-order valence-electron chi connectivity index (χ0n) is 12.9. The second-order valence-electron chi connectivity index (χ2n) is 5.22. The third-order valence-corrected chi connectivity index (χ3v) is 3.23. The summed E-state index contributed by atoms with van der Waals surface area (Å²) in [6.45, 7) is 7.02. The van der Waals surface area contributed by atoms with Crippen molar-refractivity contribution in [1.82, 2.24) is 15.3 Å². The molecule has 1 amide bonds. The number of hydrogen-bond donors (Lipinski definition) is 2. The molecular weight excluding hydrogens is 274 g/mol. The van der Waals surface area contributed by atoms with Gasteiger partial charge in [-0.3, -0.25) is 4.79 Å². The average molecular weight is 295 g/mol. The van der Waals surface area contributed by atoms with Crippen LogP contribution in [-0.2, 0) is 20.7 Å². The third-order valence-electron chi connectivity index (χ3n) is 3.23. The molecule has 0 saturated heterocycles. The quantitative estimate of drug-likeness (QED) is 0.758. The summed E-state index contributed by atoms with van der Waals surface area (Å²) in [5.74, 6) is -0.886. The number of esters is 1. The largest absolute Gasteiger partial charge is 0.467 e. The van der Waals surface area contributed by atoms with Crippen molar-refractivity contribution in [2.75, 3.05) is 7.11 Å². The number of aromatic nitrogens is 2. The molecule has 21 heavy (non-hydrogen) atoms. The molecule has 0 spiro atoms. The van der Waals surface area contributed by atoms with Gasteiger partial charge >= 0.3 is 11.7 Å². The second kappa shape index (κ2) is 7.01. The van der Waals surface area contributed by atoms with Crippen molar-refractivity contribution < 1.29 is 14.3 Å². The molecule has 1 heterocycles. The maximum Gasteiger partial charge on any atom is 0.345 e. The van der Waals surface area contributed by atoms with Gasteiger partial charge in [-0.1, -0.05) is 13.8 Å². The molecule has 0 aliphatic carbocycles. The van der Waals surface area contributed by atoms with E-state index >= 15 is 0 Å². The number of ether oxygens (including phenoxy) is 1. The highest BCUT2D eigenvalue weighted by Gasteiger charge is 2.25. The molecule has 0 fully saturated rings. The number of nitrogens with one attached hydrogen (secondary N) is 2. The third kappa shape index (κ3) is 4.40. The first-order chi connectivity index (χ1) is 9.76. The highest BCUT2D eigenvalue weighted by atomic mass is 16.5. The SMILES string of the molecule is COC(=O)C(NC(=O)Cc1c(C)nc(=O)[nH]c1C)C(C)C. The molecule has 1 aromatic rings. The minimum Gasteiger partial charge on any atom is -0.467 e. The summed E-state index contributed by atoms with van der Waals surface area (Å²) in [4.78, 5) is 41.3. The Morgan fingerprint density at radius 3 is 2.43 bits per heavy atom. The van der Waals surface area contributed by atoms with Crippen molar-refractivity contribution in [2.24, 2.45) is 5.92 Å². The normalized spacial score (nSPS) is 12.1. The smallest absolute Gasteiger partial charge is 0.345 e. The molecule has 0 bridgehead atoms. The van der Waals surface area contributed by atoms with Gasteiger partial charge < -0.3 is 15.0 Å². The van der Waals surface area contributed by atoms with E-state index in [0.717, 1.165) is 0 Å². The van der Waals surface area contributed by atoms with Crippen LogP contribution in [0.2, 0.25) is 0 Å². The maximum atomic E-state index is 12.1. The van der Waals surface area contributed by atoms with Crippen molar-refractivity contribution in [3.05, 3.63) is 27.4 Å². The van der Waals surface area contributed by atoms with Gasteiger partial charge in [0.25, 0.3) is 0 Å². The zero-order chi connectivity index (χ0) is 16.2. The monoisotopic (exact) mass is 295 g/mol. The number of carbonyl (C=O) groups is 2. The van der Waals surface area contributed by atoms with Crippen LogP contribution in [0.4, 0.5) is 0 Å². The van der Waals surface area contributed by atoms with Crippen molar-refractivity contribution in [3.63, 3.8) is 0 Å². The number of rotatable bonds is 5. The topological polar surface area (TPSA) is 101 Å². The van der Waals surface area contributed by atoms with Gasteiger partial charge in [-0.15, -0.1) is 0 Å². The highest BCUT2D eigenvalue weighted by molar-refractivity contribution is 5.86. The summed E-state index contributed by atoms with van der Waals surface area (Å²) < 4.78 is 4.67. The Morgan fingerprint density at radius 1 is 1.33 bits per heavy atom. The molecule has 1 unspecified atom stereocenters. The van der Waals surface area contributed by atoms with Crippen LogP contribution in [0, 0.1) is 19.8 Å². The summed E-state index contributed by atoms with van der Waals surface area (Å²) in [5.41, 5.74) is 1.32. The van der Waals surface area contributed by atoms with Crippen LogP contribution in [0.25, 0.3) is 0 Å². The molecule has 7 heteroatoms. The molecule has 0 saturated carbocycles. The van der Waals surface area contributed by atoms with E-state index in [1.165, 1.54) is 7.11 Å². The van der Waals surface area contributed by atoms with Crippen LogP contribution in [0.15, 0.2) is 4.79 Å². The molecule has 0 aliphatic heterocycles. The van der Waals surface area contributed by atoms with Gasteiger partial charge in [0.1, 0.15) is 6.04 Å². The predicted molar refractivity (Wildman–Crippen MR) is 76.8 cm³/mol. The second-order valence-corrected chi connectivity index (χ2v) is 5.22. The number of hydrogen-bond acceptors (Lipinski definition) is 5. The van der Waals surface area contributed by atoms with Crippen molar-refractivity contribution in [3.8, 4) is 0 Å². The van der Waals surface area contributed by atoms with E-state index in [2.05, 4.69) is 20.0 Å². The van der Waals surface area contributed by atoms with Crippen molar-refractivity contribution in [1.29, 1.82) is 0 Å². The van der Waals surface area contributed by atoms with Gasteiger partial charge in [0.05, 0.1) is 13.5 Å². The van der Waals surface area contributed by atoms with E-state index in [0.29, 0.717) is 17.0 Å². The number of nitrogens with zero attached hydrogens (tertiary/aromatic N) is 1. The lowest BCUT2D eigenvalue weighted by Gasteiger charge is -2.20. The first-order valence-corrected chi connectivity index (χ1v) is 6.69. The molecule has 0 radical (unpaired) electrons. The Balaban J connectivity index is 2.87. The van der Waals surface area contributed by atoms with Gasteiger partial charge in [-0.25, -0.2) is 9.59 Å². The Labute approximate surface area is 123 Å². The fraction of sp³-hybridized carbons (Fsp3) is 0.571. The molecule has 0 aromatic carbocycles. The minimum atomic E-state index is -0.696. The highest BCUT2D eigenvalue weighted by Crippen LogP contribution is 2.09. The van der Waals surface area contributed by atoms with Crippen LogP contribution in [0.1, 0.15) is 30.8 Å². The lowest BCUT2D eigenvalue weighted by molar-refractivity contribution is -0.146. The molecule has 1 atom stereocenters. The summed E-state index contributed by atoms with van der Waals surface area (Å²) in [5, 5.41) is 2.65. The van der Waals surface area contributed by atoms with Crippen LogP contribution in [0.5, 0.6) is 0 Å². The van der Waals surface area contributed by atoms with E-state index in [4.69, 9.17) is 0 Å². The molecule has 1 aromatic heterocycles. The Morgan fingerprint density at radius 2 is 1.95 bits per heavy atom. The van der Waals surface area contributed by atoms with E-state index < -0.39 is 17.7 Å². The van der Waals surface area contributed by atoms with E-state index in [9.17, 15) is 14.4 Å². The standard InChI is InChI=1S/C14H21N3O4/c1-7(2)12(13(19)21-5)17-11(18)6-10-8(3)15-14(20)16-9(10)4/h7,12H,6H2,1-5H3,(H,17,18)(H,15,16,20). The average Bonchev–Trinajstić information content (AvgIpc) is 2.39. The summed E-state index contributed by atoms with van der Waals surface area (Å²) in [6.07, 6.45) is 0.0433. The molecule has 2 N–H and O–H groups in total. The minimum absolute atomic E-state index is 0.0433. The summed E-state index contributed by atoms with van der Waals surface area (Å²) >= 11 is 0. The van der Waals surface area contributed by atoms with Gasteiger partial charge in [-0.05, 0) is 19.8 Å². The van der Waals surface area contributed by atoms with Crippen LogP contribution in [0.3, 0.4) is 0 Å². The van der Waals surface area contributed by atoms with Crippen molar-refractivity contribution in [2.45, 2.75) is 40.2 Å². The Kier molecular flexibility index (Phi) is 5.63. The molecule has 0 aliphatic rings. The number of methoxy groups -OCH3 is 1. The Hall–Kier alpha value is -2.18. The first kappa shape index (κ1) is 16.9. The van der Waals surface area contributed by atoms with Gasteiger partial charge in [-0.2, -0.15) is 4.98 Å². The predicted octanol–water partition coefficient (Wildman–Crippen LogP) is 0.243. The Bertz CT molecular complexity index is 566. The number of H-pyrrole nitrogens is 1. The molecule has 116 valence electrons. The molecular formula is C14H21N3O4. The lowest BCUT2D eigenvalue weighted by Crippen LogP contribution is -2.45. The van der Waals surface area contributed by atoms with Gasteiger partial charge in [0, 0.05) is 17.0 Å². The molecule has 1 rings (SSSR count). The maximum absolute atomic E-state index is 12.1. The fourth-order valence-electron chi connectivity index (χ4n) is 2.03. The number of amides is 1. The van der Waals surface area contributed by atoms with Crippen molar-refractivity contribution >= 4 is 11.9 Å². The zero-order valence-corrected chi connectivity index (χ0v) is 12.9. The van der Waals surface area contributed by atoms with Crippen LogP contribution >= 0.6 is 0 Å². The van der Waals surface area contributed by atoms with E-state index in [1.54, 1.807) is 13.8 Å². The molecule has 7 nitrogen and oxygen atoms in total. The van der Waals surface area contributed by atoms with E-state index in [1.807, 2.05) is 13.8 Å². The van der Waals surface area contributed by atoms with Gasteiger partial charge in [0.15, 0.2) is 0 Å². The number of aryl methyl sites for hydroxylation is 2. The van der Waals surface area contributed by atoms with Gasteiger partial charge in [0.2, 0.25) is 5.91 Å². The lowest BCUT2D eigenvalue weighted by atomic mass is 10.0. The van der Waals surface area contributed by atoms with E-state index in [-0.39, 0.29) is 18.2 Å². The number of aromatic amines is 1. The van der Waals surface area contributed by atoms with Crippen LogP contribution in [-0.4, -0.2) is 35.0 Å². The number of carbonyl (C=O) groups excluding carboxylic acids is 2. The van der Waals surface area contributed by atoms with Crippen LogP contribution < -0.4 is 11.0 Å². The fourth-order valence-corrected chi connectivity index (χ4v) is 2.03. The summed E-state index contributed by atoms with van der Waals surface area (Å²) in [7, 11) is 1.28. The summed E-state index contributed by atoms with van der Waals surface area (Å²) in [6, 6.07) is -0.696. The first-order valence-electron chi connectivity index (χ1n) is 6.69.